The van der Waals surface area contributed by atoms with Crippen LogP contribution in [0.2, 0.25) is 0 Å². The molecule has 0 aliphatic heterocycles. The van der Waals surface area contributed by atoms with Crippen LogP contribution in [0.4, 0.5) is 0 Å². The summed E-state index contributed by atoms with van der Waals surface area (Å²) in [5, 5.41) is 8.24. The highest BCUT2D eigenvalue weighted by Gasteiger charge is 1.77. The number of allylic oxidation sites excluding steroid dienone is 5. The topological polar surface area (TPSA) is 23.8 Å². The lowest BCUT2D eigenvalue weighted by Gasteiger charge is -1.87. The Morgan fingerprint density at radius 1 is 0.923 bits per heavy atom. The van der Waals surface area contributed by atoms with Crippen LogP contribution in [0.5, 0.6) is 0 Å². The van der Waals surface area contributed by atoms with E-state index in [1.807, 2.05) is 12.2 Å². The summed E-state index contributed by atoms with van der Waals surface area (Å²) in [6.45, 7) is 3.65. The summed E-state index contributed by atoms with van der Waals surface area (Å²) in [6.07, 6.45) is 15.0. The number of nitriles is 1. The standard InChI is InChI=1S/C12H17N/c1-2-3-4-5-6-7-8-9-10-11-12-13/h2,5-6,9-10H,1,3-4,7-8,11H2/b6-5+,10-9+. The number of nitrogens with zero attached hydrogens (tertiary/aromatic N) is 1. The molecule has 0 aromatic carbocycles. The van der Waals surface area contributed by atoms with Crippen molar-refractivity contribution in [2.45, 2.75) is 32.1 Å². The van der Waals surface area contributed by atoms with Crippen LogP contribution in [0.1, 0.15) is 32.1 Å². The predicted molar refractivity (Wildman–Crippen MR) is 57.2 cm³/mol. The molecule has 0 amide bonds. The second-order valence-corrected chi connectivity index (χ2v) is 2.75. The highest BCUT2D eigenvalue weighted by molar-refractivity contribution is 4.93. The van der Waals surface area contributed by atoms with E-state index in [4.69, 9.17) is 5.26 Å². The van der Waals surface area contributed by atoms with Gasteiger partial charge in [-0.3, -0.25) is 0 Å². The molecule has 0 aliphatic carbocycles. The largest absolute Gasteiger partial charge is 0.198 e. The molecule has 0 heterocycles. The van der Waals surface area contributed by atoms with Crippen molar-refractivity contribution >= 4 is 0 Å². The fourth-order valence-corrected chi connectivity index (χ4v) is 0.896. The highest BCUT2D eigenvalue weighted by Crippen LogP contribution is 1.97. The molecule has 0 saturated heterocycles. The molecular formula is C12H17N. The van der Waals surface area contributed by atoms with Crippen molar-refractivity contribution in [1.29, 1.82) is 5.26 Å². The Labute approximate surface area is 81.1 Å². The van der Waals surface area contributed by atoms with Gasteiger partial charge in [0.25, 0.3) is 0 Å². The molecule has 0 atom stereocenters. The first-order valence-corrected chi connectivity index (χ1v) is 4.69. The van der Waals surface area contributed by atoms with Crippen molar-refractivity contribution in [2.24, 2.45) is 0 Å². The molecule has 1 heteroatoms. The lowest BCUT2D eigenvalue weighted by molar-refractivity contribution is 1.00. The van der Waals surface area contributed by atoms with Crippen molar-refractivity contribution in [2.75, 3.05) is 0 Å². The molecule has 0 fully saturated rings. The zero-order valence-corrected chi connectivity index (χ0v) is 8.08. The minimum Gasteiger partial charge on any atom is -0.198 e. The molecule has 0 aromatic heterocycles. The molecule has 13 heavy (non-hydrogen) atoms. The van der Waals surface area contributed by atoms with Crippen molar-refractivity contribution < 1.29 is 0 Å². The van der Waals surface area contributed by atoms with Gasteiger partial charge in [-0.25, -0.2) is 0 Å². The van der Waals surface area contributed by atoms with Gasteiger partial charge in [0, 0.05) is 0 Å². The van der Waals surface area contributed by atoms with Gasteiger partial charge in [0.1, 0.15) is 0 Å². The average Bonchev–Trinajstić information content (AvgIpc) is 2.16. The first-order chi connectivity index (χ1) is 6.41. The zero-order valence-electron chi connectivity index (χ0n) is 8.08. The van der Waals surface area contributed by atoms with E-state index in [1.165, 1.54) is 0 Å². The molecule has 0 bridgehead atoms. The Balaban J connectivity index is 3.20. The maximum atomic E-state index is 8.24. The third kappa shape index (κ3) is 10.7. The number of rotatable bonds is 7. The second kappa shape index (κ2) is 10.7. The minimum atomic E-state index is 0.528. The van der Waals surface area contributed by atoms with E-state index in [1.54, 1.807) is 0 Å². The van der Waals surface area contributed by atoms with Crippen LogP contribution in [-0.2, 0) is 0 Å². The van der Waals surface area contributed by atoms with Gasteiger partial charge in [-0.2, -0.15) is 5.26 Å². The molecule has 70 valence electrons. The van der Waals surface area contributed by atoms with Crippen molar-refractivity contribution in [3.8, 4) is 6.07 Å². The van der Waals surface area contributed by atoms with Crippen molar-refractivity contribution in [3.63, 3.8) is 0 Å². The maximum absolute atomic E-state index is 8.24. The van der Waals surface area contributed by atoms with E-state index in [-0.39, 0.29) is 0 Å². The lowest BCUT2D eigenvalue weighted by atomic mass is 10.2. The number of unbranched alkanes of at least 4 members (excludes halogenated alkanes) is 2. The van der Waals surface area contributed by atoms with Gasteiger partial charge in [0.15, 0.2) is 0 Å². The SMILES string of the molecule is C=CCC/C=C/CC/C=C/CC#N. The zero-order chi connectivity index (χ0) is 9.78. The number of hydrogen-bond acceptors (Lipinski definition) is 1. The first-order valence-electron chi connectivity index (χ1n) is 4.69. The van der Waals surface area contributed by atoms with Crippen LogP contribution in [0.25, 0.3) is 0 Å². The van der Waals surface area contributed by atoms with E-state index in [0.29, 0.717) is 6.42 Å². The van der Waals surface area contributed by atoms with E-state index in [2.05, 4.69) is 30.9 Å². The third-order valence-corrected chi connectivity index (χ3v) is 1.58. The maximum Gasteiger partial charge on any atom is 0.0663 e. The monoisotopic (exact) mass is 175 g/mol. The van der Waals surface area contributed by atoms with Gasteiger partial charge < -0.3 is 0 Å². The normalized spacial score (nSPS) is 10.7. The van der Waals surface area contributed by atoms with Crippen LogP contribution in [0.15, 0.2) is 37.0 Å². The molecule has 0 aromatic rings. The quantitative estimate of drug-likeness (QED) is 0.427. The van der Waals surface area contributed by atoms with E-state index < -0.39 is 0 Å². The van der Waals surface area contributed by atoms with Gasteiger partial charge in [-0.05, 0) is 25.7 Å². The Hall–Kier alpha value is -1.29. The predicted octanol–water partition coefficient (Wildman–Crippen LogP) is 3.76. The molecule has 1 nitrogen and oxygen atoms in total. The van der Waals surface area contributed by atoms with Gasteiger partial charge in [-0.15, -0.1) is 6.58 Å². The lowest BCUT2D eigenvalue weighted by Crippen LogP contribution is -1.67. The summed E-state index contributed by atoms with van der Waals surface area (Å²) in [4.78, 5) is 0. The molecule has 0 rings (SSSR count). The molecule has 0 radical (unpaired) electrons. The van der Waals surface area contributed by atoms with Gasteiger partial charge in [0.2, 0.25) is 0 Å². The van der Waals surface area contributed by atoms with Crippen LogP contribution >= 0.6 is 0 Å². The van der Waals surface area contributed by atoms with E-state index in [9.17, 15) is 0 Å². The summed E-state index contributed by atoms with van der Waals surface area (Å²) in [7, 11) is 0. The molecule has 0 spiro atoms. The molecule has 0 aliphatic rings. The Bertz CT molecular complexity index is 206. The van der Waals surface area contributed by atoms with Crippen LogP contribution in [-0.4, -0.2) is 0 Å². The minimum absolute atomic E-state index is 0.528. The molecular weight excluding hydrogens is 158 g/mol. The summed E-state index contributed by atoms with van der Waals surface area (Å²) in [6, 6.07) is 2.07. The smallest absolute Gasteiger partial charge is 0.0663 e. The van der Waals surface area contributed by atoms with Crippen LogP contribution < -0.4 is 0 Å². The van der Waals surface area contributed by atoms with Crippen molar-refractivity contribution in [1.82, 2.24) is 0 Å². The van der Waals surface area contributed by atoms with E-state index in [0.717, 1.165) is 25.7 Å². The summed E-state index contributed by atoms with van der Waals surface area (Å²) in [5.74, 6) is 0. The third-order valence-electron chi connectivity index (χ3n) is 1.58. The second-order valence-electron chi connectivity index (χ2n) is 2.75. The summed E-state index contributed by atoms with van der Waals surface area (Å²) in [5.41, 5.74) is 0. The van der Waals surface area contributed by atoms with Crippen LogP contribution in [0, 0.1) is 11.3 Å². The van der Waals surface area contributed by atoms with Gasteiger partial charge in [-0.1, -0.05) is 30.4 Å². The summed E-state index contributed by atoms with van der Waals surface area (Å²) < 4.78 is 0. The average molecular weight is 175 g/mol. The molecule has 0 N–H and O–H groups in total. The molecule has 0 unspecified atom stereocenters. The highest BCUT2D eigenvalue weighted by atomic mass is 14.2. The first kappa shape index (κ1) is 11.7. The van der Waals surface area contributed by atoms with Crippen LogP contribution in [0.3, 0.4) is 0 Å². The fraction of sp³-hybridized carbons (Fsp3) is 0.417. The molecule has 0 saturated carbocycles. The van der Waals surface area contributed by atoms with Gasteiger partial charge in [0.05, 0.1) is 12.5 Å². The number of hydrogen-bond donors (Lipinski definition) is 0. The fourth-order valence-electron chi connectivity index (χ4n) is 0.896. The van der Waals surface area contributed by atoms with Crippen molar-refractivity contribution in [3.05, 3.63) is 37.0 Å². The Morgan fingerprint density at radius 2 is 1.46 bits per heavy atom. The van der Waals surface area contributed by atoms with E-state index >= 15 is 0 Å². The Morgan fingerprint density at radius 3 is 2.00 bits per heavy atom. The summed E-state index contributed by atoms with van der Waals surface area (Å²) >= 11 is 0. The Kier molecular flexibility index (Phi) is 9.65. The van der Waals surface area contributed by atoms with Gasteiger partial charge >= 0.3 is 0 Å².